The quantitative estimate of drug-likeness (QED) is 0.290. The monoisotopic (exact) mass is 408 g/mol. The van der Waals surface area contributed by atoms with Crippen molar-refractivity contribution in [2.24, 2.45) is 0 Å². The molecule has 0 spiro atoms. The van der Waals surface area contributed by atoms with Crippen LogP contribution in [0.1, 0.15) is 16.6 Å². The van der Waals surface area contributed by atoms with Crippen LogP contribution in [-0.4, -0.2) is 88.0 Å². The lowest BCUT2D eigenvalue weighted by Crippen LogP contribution is -2.33. The molecule has 14 heteroatoms. The summed E-state index contributed by atoms with van der Waals surface area (Å²) in [6, 6.07) is 0. The summed E-state index contributed by atoms with van der Waals surface area (Å²) in [6.07, 6.45) is -0.418. The van der Waals surface area contributed by atoms with Gasteiger partial charge in [0, 0.05) is 13.2 Å². The van der Waals surface area contributed by atoms with Crippen molar-refractivity contribution in [1.29, 1.82) is 0 Å². The number of aliphatic hydroxyl groups excluding tert-OH is 3. The standard InChI is InChI=1S/C15H18N8O5.H2O/c1-17-13(27)6-2-19-23(3-6)15-20-11(16)8-12(21-15)22(5-18-8)14-10(26)9(25)7(4-24)28-14;/h2-3,5,7,9-10,14,24-26H,4H2,1H3,(H,17,27)(H2,16,20,21);1H2/t7-,9-,10-,14-;/m1./s1. The van der Waals surface area contributed by atoms with Gasteiger partial charge in [0.05, 0.1) is 24.7 Å². The third-order valence-electron chi connectivity index (χ3n) is 4.50. The van der Waals surface area contributed by atoms with E-state index in [1.54, 1.807) is 0 Å². The lowest BCUT2D eigenvalue weighted by molar-refractivity contribution is -0.0511. The Kier molecular flexibility index (Phi) is 5.45. The third kappa shape index (κ3) is 3.28. The number of hydrogen-bond donors (Lipinski definition) is 5. The van der Waals surface area contributed by atoms with Gasteiger partial charge in [-0.25, -0.2) is 9.67 Å². The Balaban J connectivity index is 0.00000240. The maximum Gasteiger partial charge on any atom is 0.254 e. The number of aliphatic hydroxyl groups is 3. The molecule has 29 heavy (non-hydrogen) atoms. The van der Waals surface area contributed by atoms with Crippen molar-refractivity contribution in [3.8, 4) is 5.95 Å². The summed E-state index contributed by atoms with van der Waals surface area (Å²) in [6.45, 7) is -0.459. The van der Waals surface area contributed by atoms with Crippen LogP contribution in [0.25, 0.3) is 17.1 Å². The highest BCUT2D eigenvalue weighted by atomic mass is 16.6. The highest BCUT2D eigenvalue weighted by molar-refractivity contribution is 5.93. The Morgan fingerprint density at radius 2 is 2.10 bits per heavy atom. The molecule has 0 radical (unpaired) electrons. The molecule has 1 amide bonds. The van der Waals surface area contributed by atoms with Gasteiger partial charge in [0.2, 0.25) is 0 Å². The molecule has 1 saturated heterocycles. The smallest absolute Gasteiger partial charge is 0.254 e. The Hall–Kier alpha value is -3.17. The number of rotatable bonds is 4. The van der Waals surface area contributed by atoms with Gasteiger partial charge in [-0.1, -0.05) is 0 Å². The first kappa shape index (κ1) is 20.6. The van der Waals surface area contributed by atoms with Crippen molar-refractivity contribution < 1.29 is 30.3 Å². The molecule has 4 heterocycles. The number of aromatic nitrogens is 6. The number of fused-ring (bicyclic) bond motifs is 1. The number of nitrogens with zero attached hydrogens (tertiary/aromatic N) is 6. The molecule has 0 unspecified atom stereocenters. The minimum Gasteiger partial charge on any atom is -0.412 e. The van der Waals surface area contributed by atoms with E-state index in [1.807, 2.05) is 0 Å². The van der Waals surface area contributed by atoms with Crippen molar-refractivity contribution in [3.63, 3.8) is 0 Å². The molecule has 1 fully saturated rings. The molecule has 1 aliphatic rings. The summed E-state index contributed by atoms with van der Waals surface area (Å²) in [7, 11) is 1.50. The number of amides is 1. The van der Waals surface area contributed by atoms with Crippen LogP contribution in [0.4, 0.5) is 5.82 Å². The van der Waals surface area contributed by atoms with E-state index in [0.717, 1.165) is 0 Å². The Morgan fingerprint density at radius 3 is 2.76 bits per heavy atom. The normalized spacial score (nSPS) is 23.9. The molecule has 0 saturated carbocycles. The van der Waals surface area contributed by atoms with Gasteiger partial charge in [-0.15, -0.1) is 0 Å². The summed E-state index contributed by atoms with van der Waals surface area (Å²) in [5, 5.41) is 36.1. The topological polar surface area (TPSA) is 218 Å². The van der Waals surface area contributed by atoms with E-state index in [2.05, 4.69) is 25.4 Å². The number of nitrogens with one attached hydrogen (secondary N) is 1. The predicted octanol–water partition coefficient (Wildman–Crippen LogP) is -3.26. The molecule has 0 aliphatic carbocycles. The molecule has 8 N–H and O–H groups in total. The van der Waals surface area contributed by atoms with Crippen LogP contribution in [0.15, 0.2) is 18.7 Å². The number of imidazole rings is 1. The first-order valence-electron chi connectivity index (χ1n) is 8.34. The minimum absolute atomic E-state index is 0. The molecule has 156 valence electrons. The number of nitrogen functional groups attached to an aromatic ring is 1. The van der Waals surface area contributed by atoms with Crippen LogP contribution >= 0.6 is 0 Å². The van der Waals surface area contributed by atoms with Crippen LogP contribution in [-0.2, 0) is 4.74 Å². The van der Waals surface area contributed by atoms with Crippen LogP contribution < -0.4 is 11.1 Å². The first-order valence-corrected chi connectivity index (χ1v) is 8.34. The summed E-state index contributed by atoms with van der Waals surface area (Å²) >= 11 is 0. The number of nitrogens with two attached hydrogens (primary N) is 1. The van der Waals surface area contributed by atoms with Gasteiger partial charge in [-0.2, -0.15) is 15.1 Å². The zero-order valence-electron chi connectivity index (χ0n) is 15.2. The van der Waals surface area contributed by atoms with Crippen LogP contribution in [0.5, 0.6) is 0 Å². The lowest BCUT2D eigenvalue weighted by atomic mass is 10.1. The Morgan fingerprint density at radius 1 is 1.34 bits per heavy atom. The summed E-state index contributed by atoms with van der Waals surface area (Å²) < 4.78 is 8.18. The highest BCUT2D eigenvalue weighted by Gasteiger charge is 2.44. The zero-order chi connectivity index (χ0) is 20.0. The van der Waals surface area contributed by atoms with Gasteiger partial charge in [0.1, 0.15) is 23.8 Å². The fourth-order valence-corrected chi connectivity index (χ4v) is 3.02. The molecular weight excluding hydrogens is 388 g/mol. The van der Waals surface area contributed by atoms with E-state index in [4.69, 9.17) is 10.5 Å². The molecule has 3 aromatic rings. The van der Waals surface area contributed by atoms with Gasteiger partial charge in [0.15, 0.2) is 17.7 Å². The molecule has 14 nitrogen and oxygen atoms in total. The fraction of sp³-hybridized carbons (Fsp3) is 0.400. The van der Waals surface area contributed by atoms with Crippen LogP contribution in [0.3, 0.4) is 0 Å². The van der Waals surface area contributed by atoms with Crippen molar-refractivity contribution in [2.75, 3.05) is 19.4 Å². The number of anilines is 1. The Bertz CT molecular complexity index is 1040. The van der Waals surface area contributed by atoms with Gasteiger partial charge in [-0.05, 0) is 0 Å². The highest BCUT2D eigenvalue weighted by Crippen LogP contribution is 2.32. The van der Waals surface area contributed by atoms with Gasteiger partial charge >= 0.3 is 0 Å². The van der Waals surface area contributed by atoms with Crippen LogP contribution in [0.2, 0.25) is 0 Å². The molecule has 4 rings (SSSR count). The average Bonchev–Trinajstić information content (AvgIpc) is 3.40. The zero-order valence-corrected chi connectivity index (χ0v) is 15.2. The molecular formula is C15H20N8O6. The number of carbonyl (C=O) groups is 1. The number of carbonyl (C=O) groups excluding carboxylic acids is 1. The van der Waals surface area contributed by atoms with Crippen molar-refractivity contribution in [2.45, 2.75) is 24.5 Å². The van der Waals surface area contributed by atoms with Gasteiger partial charge in [-0.3, -0.25) is 9.36 Å². The van der Waals surface area contributed by atoms with E-state index in [0.29, 0.717) is 5.56 Å². The number of ether oxygens (including phenoxy) is 1. The second kappa shape index (κ2) is 7.69. The van der Waals surface area contributed by atoms with E-state index in [1.165, 1.54) is 35.0 Å². The Labute approximate surface area is 162 Å². The SMILES string of the molecule is CNC(=O)c1cnn(-c2nc(N)c3ncn([C@@H]4O[C@H](CO)[C@@H](O)[C@H]4O)c3n2)c1.O. The molecule has 4 atom stereocenters. The maximum atomic E-state index is 11.7. The van der Waals surface area contributed by atoms with Crippen molar-refractivity contribution in [3.05, 3.63) is 24.3 Å². The molecule has 0 bridgehead atoms. The molecule has 3 aromatic heterocycles. The average molecular weight is 408 g/mol. The number of hydrogen-bond acceptors (Lipinski definition) is 10. The summed E-state index contributed by atoms with van der Waals surface area (Å²) in [5.41, 5.74) is 6.78. The summed E-state index contributed by atoms with van der Waals surface area (Å²) in [4.78, 5) is 24.4. The van der Waals surface area contributed by atoms with E-state index in [9.17, 15) is 20.1 Å². The van der Waals surface area contributed by atoms with Gasteiger partial charge in [0.25, 0.3) is 11.9 Å². The van der Waals surface area contributed by atoms with E-state index < -0.39 is 31.1 Å². The first-order chi connectivity index (χ1) is 13.4. The van der Waals surface area contributed by atoms with E-state index >= 15 is 0 Å². The lowest BCUT2D eigenvalue weighted by Gasteiger charge is -2.16. The molecule has 1 aliphatic heterocycles. The summed E-state index contributed by atoms with van der Waals surface area (Å²) in [5.74, 6) is -0.187. The second-order valence-corrected chi connectivity index (χ2v) is 6.21. The van der Waals surface area contributed by atoms with E-state index in [-0.39, 0.29) is 34.3 Å². The fourth-order valence-electron chi connectivity index (χ4n) is 3.02. The second-order valence-electron chi connectivity index (χ2n) is 6.21. The van der Waals surface area contributed by atoms with Crippen molar-refractivity contribution in [1.82, 2.24) is 34.6 Å². The third-order valence-corrected chi connectivity index (χ3v) is 4.50. The predicted molar refractivity (Wildman–Crippen MR) is 96.9 cm³/mol. The van der Waals surface area contributed by atoms with Gasteiger partial charge < -0.3 is 36.6 Å². The maximum absolute atomic E-state index is 11.7. The molecule has 0 aromatic carbocycles. The van der Waals surface area contributed by atoms with Crippen molar-refractivity contribution >= 4 is 22.9 Å². The van der Waals surface area contributed by atoms with Crippen LogP contribution in [0, 0.1) is 0 Å². The largest absolute Gasteiger partial charge is 0.412 e. The minimum atomic E-state index is -1.31.